The average Bonchev–Trinajstić information content (AvgIpc) is 3.06. The number of methoxy groups -OCH3 is 1. The van der Waals surface area contributed by atoms with Crippen molar-refractivity contribution in [3.05, 3.63) is 84.4 Å². The first-order valence-corrected chi connectivity index (χ1v) is 8.70. The number of benzene rings is 3. The Balaban J connectivity index is 1.96. The Morgan fingerprint density at radius 3 is 2.07 bits per heavy atom. The molecule has 0 aliphatic heterocycles. The van der Waals surface area contributed by atoms with Crippen LogP contribution in [0.25, 0.3) is 28.4 Å². The van der Waals surface area contributed by atoms with E-state index in [0.717, 1.165) is 28.1 Å². The first-order chi connectivity index (χ1) is 13.2. The molecule has 0 unspecified atom stereocenters. The van der Waals surface area contributed by atoms with Gasteiger partial charge in [0, 0.05) is 17.7 Å². The SMILES string of the molecule is COc1ccc(-c2c([O-])oc(-c3ccc(C)cc3)[n+]2-c2ccccc2)cc1. The minimum absolute atomic E-state index is 0.375. The standard InChI is InChI=1S/C23H19NO3/c1-16-8-10-18(11-9-16)22-24(19-6-4-3-5-7-19)21(23(25)27-22)17-12-14-20(26-2)15-13-17/h3-15H,1-2H3. The van der Waals surface area contributed by atoms with Crippen LogP contribution in [0.3, 0.4) is 0 Å². The highest BCUT2D eigenvalue weighted by molar-refractivity contribution is 5.64. The van der Waals surface area contributed by atoms with E-state index in [0.29, 0.717) is 11.6 Å². The van der Waals surface area contributed by atoms with Crippen molar-refractivity contribution in [2.45, 2.75) is 6.92 Å². The Morgan fingerprint density at radius 2 is 1.44 bits per heavy atom. The van der Waals surface area contributed by atoms with Gasteiger partial charge in [0.15, 0.2) is 0 Å². The summed E-state index contributed by atoms with van der Waals surface area (Å²) in [5, 5.41) is 12.8. The molecule has 0 atom stereocenters. The molecule has 0 saturated carbocycles. The maximum atomic E-state index is 12.8. The topological polar surface area (TPSA) is 49.3 Å². The van der Waals surface area contributed by atoms with Crippen molar-refractivity contribution in [2.75, 3.05) is 7.11 Å². The van der Waals surface area contributed by atoms with Crippen molar-refractivity contribution < 1.29 is 18.8 Å². The molecular formula is C23H19NO3. The fraction of sp³-hybridized carbons (Fsp3) is 0.0870. The van der Waals surface area contributed by atoms with Crippen LogP contribution in [0.15, 0.2) is 83.3 Å². The lowest BCUT2D eigenvalue weighted by molar-refractivity contribution is -0.576. The predicted octanol–water partition coefficient (Wildman–Crippen LogP) is 4.28. The molecular weight excluding hydrogens is 338 g/mol. The zero-order valence-corrected chi connectivity index (χ0v) is 15.2. The quantitative estimate of drug-likeness (QED) is 0.512. The molecule has 1 aromatic heterocycles. The van der Waals surface area contributed by atoms with Crippen LogP contribution < -0.4 is 14.4 Å². The van der Waals surface area contributed by atoms with Crippen LogP contribution in [0, 0.1) is 6.92 Å². The van der Waals surface area contributed by atoms with E-state index in [4.69, 9.17) is 9.15 Å². The number of ether oxygens (including phenoxy) is 1. The fourth-order valence-corrected chi connectivity index (χ4v) is 3.08. The fourth-order valence-electron chi connectivity index (χ4n) is 3.08. The van der Waals surface area contributed by atoms with Crippen molar-refractivity contribution in [3.8, 4) is 40.1 Å². The largest absolute Gasteiger partial charge is 0.540 e. The molecule has 4 heteroatoms. The van der Waals surface area contributed by atoms with Gasteiger partial charge >= 0.3 is 0 Å². The normalized spacial score (nSPS) is 10.7. The molecule has 0 aliphatic rings. The number of aromatic nitrogens is 1. The summed E-state index contributed by atoms with van der Waals surface area (Å²) in [6.45, 7) is 2.03. The zero-order chi connectivity index (χ0) is 18.8. The Morgan fingerprint density at radius 1 is 0.815 bits per heavy atom. The van der Waals surface area contributed by atoms with Gasteiger partial charge in [-0.15, -0.1) is 4.57 Å². The Hall–Kier alpha value is -3.53. The number of hydrogen-bond acceptors (Lipinski definition) is 3. The third kappa shape index (κ3) is 3.17. The van der Waals surface area contributed by atoms with Gasteiger partial charge in [-0.2, -0.15) is 0 Å². The number of rotatable bonds is 4. The molecule has 134 valence electrons. The van der Waals surface area contributed by atoms with Gasteiger partial charge in [-0.05, 0) is 43.3 Å². The molecule has 0 radical (unpaired) electrons. The van der Waals surface area contributed by atoms with Crippen LogP contribution in [0.5, 0.6) is 11.7 Å². The summed E-state index contributed by atoms with van der Waals surface area (Å²) in [4.78, 5) is 0. The molecule has 4 rings (SSSR count). The van der Waals surface area contributed by atoms with Crippen molar-refractivity contribution in [2.24, 2.45) is 0 Å². The van der Waals surface area contributed by atoms with Crippen molar-refractivity contribution in [1.29, 1.82) is 0 Å². The van der Waals surface area contributed by atoms with Crippen molar-refractivity contribution >= 4 is 0 Å². The minimum Gasteiger partial charge on any atom is -0.540 e. The van der Waals surface area contributed by atoms with Gasteiger partial charge in [0.1, 0.15) is 11.7 Å². The van der Waals surface area contributed by atoms with E-state index in [1.807, 2.05) is 90.4 Å². The molecule has 0 N–H and O–H groups in total. The molecule has 1 heterocycles. The third-order valence-corrected chi connectivity index (χ3v) is 4.49. The highest BCUT2D eigenvalue weighted by Gasteiger charge is 2.26. The molecule has 0 bridgehead atoms. The third-order valence-electron chi connectivity index (χ3n) is 4.49. The molecule has 4 aromatic rings. The molecule has 3 aromatic carbocycles. The Labute approximate surface area is 157 Å². The summed E-state index contributed by atoms with van der Waals surface area (Å²) in [6, 6.07) is 25.1. The maximum absolute atomic E-state index is 12.8. The summed E-state index contributed by atoms with van der Waals surface area (Å²) in [7, 11) is 1.62. The van der Waals surface area contributed by atoms with Gasteiger partial charge in [0.2, 0.25) is 11.4 Å². The summed E-state index contributed by atoms with van der Waals surface area (Å²) in [5.74, 6) is 0.872. The number of hydrogen-bond donors (Lipinski definition) is 0. The molecule has 0 fully saturated rings. The van der Waals surface area contributed by atoms with E-state index in [-0.39, 0.29) is 5.95 Å². The van der Waals surface area contributed by atoms with Gasteiger partial charge in [0.05, 0.1) is 12.7 Å². The first-order valence-electron chi connectivity index (χ1n) is 8.70. The van der Waals surface area contributed by atoms with Gasteiger partial charge in [-0.1, -0.05) is 35.9 Å². The van der Waals surface area contributed by atoms with Crippen molar-refractivity contribution in [3.63, 3.8) is 0 Å². The summed E-state index contributed by atoms with van der Waals surface area (Å²) < 4.78 is 12.8. The van der Waals surface area contributed by atoms with Gasteiger partial charge in [-0.3, -0.25) is 0 Å². The number of para-hydroxylation sites is 1. The van der Waals surface area contributed by atoms with Gasteiger partial charge in [-0.25, -0.2) is 0 Å². The molecule has 4 nitrogen and oxygen atoms in total. The minimum atomic E-state index is -0.375. The van der Waals surface area contributed by atoms with Crippen LogP contribution in [0.4, 0.5) is 0 Å². The van der Waals surface area contributed by atoms with E-state index in [1.165, 1.54) is 0 Å². The lowest BCUT2D eigenvalue weighted by atomic mass is 10.1. The first kappa shape index (κ1) is 16.9. The molecule has 0 amide bonds. The Kier molecular flexibility index (Phi) is 4.38. The van der Waals surface area contributed by atoms with Gasteiger partial charge in [0.25, 0.3) is 5.89 Å². The second-order valence-corrected chi connectivity index (χ2v) is 6.31. The number of nitrogens with zero attached hydrogens (tertiary/aromatic N) is 1. The monoisotopic (exact) mass is 357 g/mol. The van der Waals surface area contributed by atoms with Crippen LogP contribution in [-0.4, -0.2) is 7.11 Å². The van der Waals surface area contributed by atoms with Crippen LogP contribution >= 0.6 is 0 Å². The second kappa shape index (κ2) is 7.00. The number of oxazole rings is 1. The second-order valence-electron chi connectivity index (χ2n) is 6.31. The summed E-state index contributed by atoms with van der Waals surface area (Å²) in [6.07, 6.45) is 0. The van der Waals surface area contributed by atoms with Crippen LogP contribution in [0.1, 0.15) is 5.56 Å². The van der Waals surface area contributed by atoms with E-state index < -0.39 is 0 Å². The highest BCUT2D eigenvalue weighted by atomic mass is 16.5. The molecule has 27 heavy (non-hydrogen) atoms. The van der Waals surface area contributed by atoms with E-state index in [2.05, 4.69) is 0 Å². The highest BCUT2D eigenvalue weighted by Crippen LogP contribution is 2.32. The average molecular weight is 357 g/mol. The molecule has 0 aliphatic carbocycles. The predicted molar refractivity (Wildman–Crippen MR) is 102 cm³/mol. The molecule has 0 spiro atoms. The van der Waals surface area contributed by atoms with Crippen molar-refractivity contribution in [1.82, 2.24) is 0 Å². The Bertz CT molecular complexity index is 1050. The zero-order valence-electron chi connectivity index (χ0n) is 15.2. The number of aryl methyl sites for hydroxylation is 1. The molecule has 0 saturated heterocycles. The van der Waals surface area contributed by atoms with E-state index in [1.54, 1.807) is 7.11 Å². The lowest BCUT2D eigenvalue weighted by Crippen LogP contribution is -2.33. The van der Waals surface area contributed by atoms with E-state index >= 15 is 0 Å². The van der Waals surface area contributed by atoms with E-state index in [9.17, 15) is 5.11 Å². The lowest BCUT2D eigenvalue weighted by Gasteiger charge is -2.05. The van der Waals surface area contributed by atoms with Crippen LogP contribution in [-0.2, 0) is 0 Å². The van der Waals surface area contributed by atoms with Crippen LogP contribution in [0.2, 0.25) is 0 Å². The van der Waals surface area contributed by atoms with Gasteiger partial charge < -0.3 is 14.3 Å². The summed E-state index contributed by atoms with van der Waals surface area (Å²) in [5.41, 5.74) is 4.12. The smallest absolute Gasteiger partial charge is 0.275 e. The maximum Gasteiger partial charge on any atom is 0.275 e. The summed E-state index contributed by atoms with van der Waals surface area (Å²) >= 11 is 0.